The van der Waals surface area contributed by atoms with Crippen LogP contribution in [0.1, 0.15) is 29.9 Å². The molecule has 0 bridgehead atoms. The van der Waals surface area contributed by atoms with Crippen LogP contribution in [0.15, 0.2) is 36.9 Å². The Labute approximate surface area is 224 Å². The van der Waals surface area contributed by atoms with E-state index in [1.165, 1.54) is 6.07 Å². The molecule has 1 aliphatic heterocycles. The maximum atomic E-state index is 16.2. The van der Waals surface area contributed by atoms with Gasteiger partial charge in [-0.05, 0) is 67.0 Å². The number of rotatable bonds is 9. The van der Waals surface area contributed by atoms with Crippen LogP contribution in [0.25, 0.3) is 22.0 Å². The van der Waals surface area contributed by atoms with Gasteiger partial charge in [0.05, 0.1) is 5.56 Å². The third-order valence-electron chi connectivity index (χ3n) is 8.05. The number of halogens is 3. The quantitative estimate of drug-likeness (QED) is 0.312. The van der Waals surface area contributed by atoms with Crippen LogP contribution in [0.2, 0.25) is 0 Å². The first-order chi connectivity index (χ1) is 18.8. The molecule has 6 rings (SSSR count). The number of carbonyl (C=O) groups excluding carboxylic acids is 1. The third kappa shape index (κ3) is 4.82. The molecule has 10 heteroatoms. The van der Waals surface area contributed by atoms with Crippen LogP contribution >= 0.6 is 0 Å². The lowest BCUT2D eigenvalue weighted by Gasteiger charge is -2.19. The number of nitrogens with zero attached hydrogens (tertiary/aromatic N) is 3. The standard InChI is InChI=1S/C29H30F3N5O2/c1-3-23(38)33-7-8-34-28-21-12-22(31)25(19-6-4-5-15-9-16-10-20(16)24(15)19)26(32)27(21)35-29(36-28)39-14-18-11-17(30)13-37(18)2/h3-6,12,16-18,20H,1,7-11,13-14H2,2H3,(H,33,38)(H,34,35,36)/t16?,17-,18+,20?/m1/s1. The lowest BCUT2D eigenvalue weighted by Crippen LogP contribution is -2.31. The summed E-state index contributed by atoms with van der Waals surface area (Å²) >= 11 is 0. The molecule has 1 saturated carbocycles. The molecule has 1 amide bonds. The van der Waals surface area contributed by atoms with Crippen LogP contribution < -0.4 is 15.4 Å². The van der Waals surface area contributed by atoms with E-state index in [2.05, 4.69) is 27.2 Å². The molecule has 2 heterocycles. The molecule has 2 fully saturated rings. The van der Waals surface area contributed by atoms with Gasteiger partial charge in [0, 0.05) is 31.1 Å². The summed E-state index contributed by atoms with van der Waals surface area (Å²) in [5, 5.41) is 5.84. The number of likely N-dealkylation sites (N-methyl/N-ethyl adjacent to an activating group) is 1. The average molecular weight is 538 g/mol. The van der Waals surface area contributed by atoms with Gasteiger partial charge in [0.25, 0.3) is 0 Å². The molecule has 0 radical (unpaired) electrons. The van der Waals surface area contributed by atoms with Crippen molar-refractivity contribution in [2.24, 2.45) is 5.92 Å². The van der Waals surface area contributed by atoms with E-state index >= 15 is 8.78 Å². The third-order valence-corrected chi connectivity index (χ3v) is 8.05. The molecule has 3 aromatic rings. The molecule has 1 saturated heterocycles. The maximum absolute atomic E-state index is 16.2. The number of hydrogen-bond donors (Lipinski definition) is 2. The Balaban J connectivity index is 1.37. The highest BCUT2D eigenvalue weighted by Gasteiger charge is 2.46. The van der Waals surface area contributed by atoms with Crippen LogP contribution in [0.3, 0.4) is 0 Å². The van der Waals surface area contributed by atoms with Crippen LogP contribution in [0.5, 0.6) is 6.01 Å². The van der Waals surface area contributed by atoms with E-state index in [4.69, 9.17) is 4.74 Å². The fourth-order valence-electron chi connectivity index (χ4n) is 5.99. The van der Waals surface area contributed by atoms with Crippen molar-refractivity contribution in [3.63, 3.8) is 0 Å². The predicted octanol–water partition coefficient (Wildman–Crippen LogP) is 4.37. The van der Waals surface area contributed by atoms with E-state index in [0.29, 0.717) is 30.4 Å². The summed E-state index contributed by atoms with van der Waals surface area (Å²) in [5.41, 5.74) is 2.58. The van der Waals surface area contributed by atoms with Crippen molar-refractivity contribution < 1.29 is 22.7 Å². The Hall–Kier alpha value is -3.66. The minimum atomic E-state index is -0.939. The first-order valence-electron chi connectivity index (χ1n) is 13.3. The zero-order valence-corrected chi connectivity index (χ0v) is 21.6. The van der Waals surface area contributed by atoms with E-state index in [0.717, 1.165) is 30.0 Å². The zero-order valence-electron chi connectivity index (χ0n) is 21.6. The van der Waals surface area contributed by atoms with Gasteiger partial charge in [-0.25, -0.2) is 13.2 Å². The molecule has 2 N–H and O–H groups in total. The fourth-order valence-corrected chi connectivity index (χ4v) is 5.99. The molecule has 2 aliphatic carbocycles. The molecule has 204 valence electrons. The number of hydrogen-bond acceptors (Lipinski definition) is 6. The van der Waals surface area contributed by atoms with Crippen molar-refractivity contribution in [3.05, 3.63) is 59.7 Å². The van der Waals surface area contributed by atoms with Gasteiger partial charge in [-0.2, -0.15) is 9.97 Å². The van der Waals surface area contributed by atoms with Crippen LogP contribution in [-0.4, -0.2) is 66.3 Å². The average Bonchev–Trinajstić information content (AvgIpc) is 3.45. The van der Waals surface area contributed by atoms with E-state index in [1.807, 2.05) is 24.1 Å². The minimum absolute atomic E-state index is 0.0693. The number of anilines is 1. The number of likely N-dealkylation sites (tertiary alicyclic amines) is 1. The number of ether oxygens (including phenoxy) is 1. The number of benzene rings is 2. The summed E-state index contributed by atoms with van der Waals surface area (Å²) in [6.45, 7) is 4.33. The van der Waals surface area contributed by atoms with E-state index < -0.39 is 17.8 Å². The molecule has 3 aliphatic rings. The van der Waals surface area contributed by atoms with Gasteiger partial charge >= 0.3 is 6.01 Å². The Bertz CT molecular complexity index is 1460. The number of amides is 1. The summed E-state index contributed by atoms with van der Waals surface area (Å²) in [6, 6.07) is 6.64. The first kappa shape index (κ1) is 25.6. The largest absolute Gasteiger partial charge is 0.462 e. The molecule has 2 unspecified atom stereocenters. The summed E-state index contributed by atoms with van der Waals surface area (Å²) in [5.74, 6) is -0.726. The molecule has 4 atom stereocenters. The van der Waals surface area contributed by atoms with Crippen molar-refractivity contribution in [1.82, 2.24) is 20.2 Å². The van der Waals surface area contributed by atoms with E-state index in [1.54, 1.807) is 6.07 Å². The van der Waals surface area contributed by atoms with Crippen LogP contribution in [0, 0.1) is 17.6 Å². The molecular formula is C29H30F3N5O2. The second kappa shape index (κ2) is 10.1. The van der Waals surface area contributed by atoms with Gasteiger partial charge < -0.3 is 15.4 Å². The zero-order chi connectivity index (χ0) is 27.3. The second-order valence-corrected chi connectivity index (χ2v) is 10.6. The summed E-state index contributed by atoms with van der Waals surface area (Å²) in [7, 11) is 1.82. The molecular weight excluding hydrogens is 507 g/mol. The number of alkyl halides is 1. The Morgan fingerprint density at radius 1 is 1.26 bits per heavy atom. The predicted molar refractivity (Wildman–Crippen MR) is 143 cm³/mol. The Morgan fingerprint density at radius 2 is 2.10 bits per heavy atom. The summed E-state index contributed by atoms with van der Waals surface area (Å²) < 4.78 is 51.6. The number of carbonyl (C=O) groups is 1. The van der Waals surface area contributed by atoms with E-state index in [-0.39, 0.29) is 59.9 Å². The Kier molecular flexibility index (Phi) is 6.66. The van der Waals surface area contributed by atoms with Gasteiger partial charge in [-0.3, -0.25) is 9.69 Å². The lowest BCUT2D eigenvalue weighted by molar-refractivity contribution is -0.116. The van der Waals surface area contributed by atoms with Crippen LogP contribution in [-0.2, 0) is 11.2 Å². The number of nitrogens with one attached hydrogen (secondary N) is 2. The monoisotopic (exact) mass is 537 g/mol. The Morgan fingerprint density at radius 3 is 2.87 bits per heavy atom. The molecule has 7 nitrogen and oxygen atoms in total. The molecule has 2 aromatic carbocycles. The minimum Gasteiger partial charge on any atom is -0.462 e. The van der Waals surface area contributed by atoms with Crippen LogP contribution in [0.4, 0.5) is 19.0 Å². The van der Waals surface area contributed by atoms with Crippen molar-refractivity contribution in [2.45, 2.75) is 37.4 Å². The van der Waals surface area contributed by atoms with Crippen molar-refractivity contribution in [3.8, 4) is 17.1 Å². The lowest BCUT2D eigenvalue weighted by atomic mass is 9.93. The van der Waals surface area contributed by atoms with Gasteiger partial charge in [0.2, 0.25) is 5.91 Å². The van der Waals surface area contributed by atoms with Crippen molar-refractivity contribution in [2.75, 3.05) is 38.6 Å². The van der Waals surface area contributed by atoms with Crippen molar-refractivity contribution >= 4 is 22.6 Å². The van der Waals surface area contributed by atoms with Gasteiger partial charge in [0.15, 0.2) is 5.82 Å². The molecule has 39 heavy (non-hydrogen) atoms. The summed E-state index contributed by atoms with van der Waals surface area (Å²) in [4.78, 5) is 22.1. The van der Waals surface area contributed by atoms with Gasteiger partial charge in [-0.1, -0.05) is 24.8 Å². The highest BCUT2D eigenvalue weighted by Crippen LogP contribution is 2.59. The normalized spacial score (nSPS) is 23.4. The topological polar surface area (TPSA) is 79.4 Å². The van der Waals surface area contributed by atoms with E-state index in [9.17, 15) is 9.18 Å². The highest BCUT2D eigenvalue weighted by atomic mass is 19.1. The molecule has 0 spiro atoms. The SMILES string of the molecule is C=CC(=O)NCCNc1nc(OC[C@@H]2C[C@@H](F)CN2C)nc2c(F)c(-c3cccc4c3C3CC3C4)c(F)cc12. The second-order valence-electron chi connectivity index (χ2n) is 10.6. The highest BCUT2D eigenvalue weighted by molar-refractivity contribution is 5.94. The van der Waals surface area contributed by atoms with Gasteiger partial charge in [-0.15, -0.1) is 0 Å². The van der Waals surface area contributed by atoms with Gasteiger partial charge in [0.1, 0.15) is 29.9 Å². The molecule has 1 aromatic heterocycles. The number of fused-ring (bicyclic) bond motifs is 4. The first-order valence-corrected chi connectivity index (χ1v) is 13.3. The fraction of sp³-hybridized carbons (Fsp3) is 0.414. The summed E-state index contributed by atoms with van der Waals surface area (Å²) in [6.07, 6.45) is 2.53. The van der Waals surface area contributed by atoms with Crippen molar-refractivity contribution in [1.29, 1.82) is 0 Å². The smallest absolute Gasteiger partial charge is 0.319 e. The number of aromatic nitrogens is 2. The maximum Gasteiger partial charge on any atom is 0.319 e.